The van der Waals surface area contributed by atoms with Crippen LogP contribution in [0, 0.1) is 11.2 Å². The fraction of sp³-hybridized carbons (Fsp3) is 0.333. The van der Waals surface area contributed by atoms with E-state index < -0.39 is 5.41 Å². The fourth-order valence-electron chi connectivity index (χ4n) is 2.69. The van der Waals surface area contributed by atoms with Crippen LogP contribution in [0.2, 0.25) is 0 Å². The SMILES string of the molecule is CCCCOc1ccc(NC(=O)C2(C(=O)Nc3ccc(F)cc3)CC2)cc1. The summed E-state index contributed by atoms with van der Waals surface area (Å²) >= 11 is 0. The van der Waals surface area contributed by atoms with Crippen molar-refractivity contribution in [1.82, 2.24) is 0 Å². The molecule has 1 aliphatic rings. The maximum atomic E-state index is 13.0. The summed E-state index contributed by atoms with van der Waals surface area (Å²) in [6, 6.07) is 12.6. The minimum absolute atomic E-state index is 0.332. The average molecular weight is 370 g/mol. The van der Waals surface area contributed by atoms with E-state index >= 15 is 0 Å². The van der Waals surface area contributed by atoms with Gasteiger partial charge in [0, 0.05) is 11.4 Å². The van der Waals surface area contributed by atoms with Gasteiger partial charge in [0.2, 0.25) is 11.8 Å². The van der Waals surface area contributed by atoms with Crippen molar-refractivity contribution in [3.8, 4) is 5.75 Å². The van der Waals surface area contributed by atoms with E-state index in [1.54, 1.807) is 24.3 Å². The summed E-state index contributed by atoms with van der Waals surface area (Å²) < 4.78 is 18.6. The second-order valence-electron chi connectivity index (χ2n) is 6.72. The fourth-order valence-corrected chi connectivity index (χ4v) is 2.69. The second kappa shape index (κ2) is 8.20. The quantitative estimate of drug-likeness (QED) is 0.536. The van der Waals surface area contributed by atoms with Crippen LogP contribution in [-0.4, -0.2) is 18.4 Å². The Morgan fingerprint density at radius 1 is 0.963 bits per heavy atom. The zero-order valence-corrected chi connectivity index (χ0v) is 15.3. The first kappa shape index (κ1) is 18.9. The average Bonchev–Trinajstić information content (AvgIpc) is 3.47. The van der Waals surface area contributed by atoms with E-state index in [9.17, 15) is 14.0 Å². The predicted octanol–water partition coefficient (Wildman–Crippen LogP) is 4.36. The highest BCUT2D eigenvalue weighted by molar-refractivity contribution is 6.16. The van der Waals surface area contributed by atoms with E-state index in [-0.39, 0.29) is 17.6 Å². The molecule has 27 heavy (non-hydrogen) atoms. The molecule has 0 aliphatic heterocycles. The van der Waals surface area contributed by atoms with Crippen molar-refractivity contribution in [3.63, 3.8) is 0 Å². The molecule has 1 aliphatic carbocycles. The number of halogens is 1. The molecule has 142 valence electrons. The van der Waals surface area contributed by atoms with Crippen molar-refractivity contribution in [1.29, 1.82) is 0 Å². The summed E-state index contributed by atoms with van der Waals surface area (Å²) in [4.78, 5) is 25.1. The maximum absolute atomic E-state index is 13.0. The molecule has 5 nitrogen and oxygen atoms in total. The molecular weight excluding hydrogens is 347 g/mol. The van der Waals surface area contributed by atoms with Crippen molar-refractivity contribution in [2.45, 2.75) is 32.6 Å². The molecule has 1 saturated carbocycles. The lowest BCUT2D eigenvalue weighted by atomic mass is 10.0. The van der Waals surface area contributed by atoms with E-state index in [2.05, 4.69) is 17.6 Å². The number of ether oxygens (including phenoxy) is 1. The van der Waals surface area contributed by atoms with E-state index in [4.69, 9.17) is 4.74 Å². The summed E-state index contributed by atoms with van der Waals surface area (Å²) in [5.41, 5.74) is 0.0165. The van der Waals surface area contributed by atoms with Gasteiger partial charge in [-0.25, -0.2) is 4.39 Å². The van der Waals surface area contributed by atoms with Gasteiger partial charge in [0.15, 0.2) is 0 Å². The van der Waals surface area contributed by atoms with Crippen LogP contribution >= 0.6 is 0 Å². The smallest absolute Gasteiger partial charge is 0.240 e. The Morgan fingerprint density at radius 3 is 1.96 bits per heavy atom. The number of hydrogen-bond donors (Lipinski definition) is 2. The topological polar surface area (TPSA) is 67.4 Å². The molecule has 1 fully saturated rings. The molecule has 2 amide bonds. The number of carbonyl (C=O) groups excluding carboxylic acids is 2. The molecule has 6 heteroatoms. The number of unbranched alkanes of at least 4 members (excludes halogenated alkanes) is 1. The highest BCUT2D eigenvalue weighted by Gasteiger charge is 2.56. The van der Waals surface area contributed by atoms with Crippen molar-refractivity contribution in [2.24, 2.45) is 5.41 Å². The summed E-state index contributed by atoms with van der Waals surface area (Å²) in [5.74, 6) is -0.335. The normalized spacial score (nSPS) is 14.3. The largest absolute Gasteiger partial charge is 0.494 e. The lowest BCUT2D eigenvalue weighted by molar-refractivity contribution is -0.131. The van der Waals surface area contributed by atoms with Gasteiger partial charge in [-0.2, -0.15) is 0 Å². The second-order valence-corrected chi connectivity index (χ2v) is 6.72. The monoisotopic (exact) mass is 370 g/mol. The van der Waals surface area contributed by atoms with Crippen molar-refractivity contribution in [3.05, 3.63) is 54.3 Å². The Morgan fingerprint density at radius 2 is 1.48 bits per heavy atom. The van der Waals surface area contributed by atoms with E-state index in [1.165, 1.54) is 24.3 Å². The molecule has 0 radical (unpaired) electrons. The lowest BCUT2D eigenvalue weighted by Gasteiger charge is -2.16. The molecular formula is C21H23FN2O3. The Balaban J connectivity index is 1.58. The summed E-state index contributed by atoms with van der Waals surface area (Å²) in [7, 11) is 0. The summed E-state index contributed by atoms with van der Waals surface area (Å²) in [5, 5.41) is 5.49. The number of amides is 2. The Hall–Kier alpha value is -2.89. The van der Waals surface area contributed by atoms with Gasteiger partial charge >= 0.3 is 0 Å². The number of anilines is 2. The molecule has 0 heterocycles. The first-order valence-electron chi connectivity index (χ1n) is 9.15. The standard InChI is InChI=1S/C21H23FN2O3/c1-2-3-14-27-18-10-8-17(9-11-18)24-20(26)21(12-13-21)19(25)23-16-6-4-15(22)5-7-16/h4-11H,2-3,12-14H2,1H3,(H,23,25)(H,24,26). The number of rotatable bonds is 8. The minimum atomic E-state index is -1.06. The summed E-state index contributed by atoms with van der Waals surface area (Å²) in [6.45, 7) is 2.76. The van der Waals surface area contributed by atoms with Gasteiger partial charge in [0.25, 0.3) is 0 Å². The zero-order valence-electron chi connectivity index (χ0n) is 15.3. The van der Waals surface area contributed by atoms with Crippen molar-refractivity contribution >= 4 is 23.2 Å². The van der Waals surface area contributed by atoms with Gasteiger partial charge in [-0.15, -0.1) is 0 Å². The van der Waals surface area contributed by atoms with Crippen molar-refractivity contribution in [2.75, 3.05) is 17.2 Å². The molecule has 0 unspecified atom stereocenters. The van der Waals surface area contributed by atoms with Gasteiger partial charge < -0.3 is 15.4 Å². The number of carbonyl (C=O) groups is 2. The van der Waals surface area contributed by atoms with Gasteiger partial charge in [-0.1, -0.05) is 13.3 Å². The molecule has 3 rings (SSSR count). The third kappa shape index (κ3) is 4.64. The van der Waals surface area contributed by atoms with Gasteiger partial charge in [-0.3, -0.25) is 9.59 Å². The Bertz CT molecular complexity index is 799. The zero-order chi connectivity index (χ0) is 19.3. The minimum Gasteiger partial charge on any atom is -0.494 e. The third-order valence-corrected chi connectivity index (χ3v) is 4.60. The maximum Gasteiger partial charge on any atom is 0.240 e. The van der Waals surface area contributed by atoms with Crippen LogP contribution in [0.1, 0.15) is 32.6 Å². The molecule has 0 atom stereocenters. The highest BCUT2D eigenvalue weighted by atomic mass is 19.1. The first-order valence-corrected chi connectivity index (χ1v) is 9.15. The van der Waals surface area contributed by atoms with Crippen LogP contribution in [0.4, 0.5) is 15.8 Å². The predicted molar refractivity (Wildman–Crippen MR) is 102 cm³/mol. The number of nitrogens with one attached hydrogen (secondary N) is 2. The van der Waals surface area contributed by atoms with Crippen LogP contribution in [0.5, 0.6) is 5.75 Å². The summed E-state index contributed by atoms with van der Waals surface area (Å²) in [6.07, 6.45) is 3.04. The van der Waals surface area contributed by atoms with E-state index in [0.717, 1.165) is 18.6 Å². The Labute approximate surface area is 157 Å². The van der Waals surface area contributed by atoms with Gasteiger partial charge in [0.05, 0.1) is 6.61 Å². The molecule has 0 saturated heterocycles. The Kier molecular flexibility index (Phi) is 5.74. The van der Waals surface area contributed by atoms with Crippen molar-refractivity contribution < 1.29 is 18.7 Å². The first-order chi connectivity index (χ1) is 13.0. The number of benzene rings is 2. The van der Waals surface area contributed by atoms with Crippen LogP contribution in [0.15, 0.2) is 48.5 Å². The van der Waals surface area contributed by atoms with Crippen LogP contribution < -0.4 is 15.4 Å². The molecule has 0 aromatic heterocycles. The van der Waals surface area contributed by atoms with E-state index in [1.807, 2.05) is 0 Å². The molecule has 0 bridgehead atoms. The van der Waals surface area contributed by atoms with Gasteiger partial charge in [0.1, 0.15) is 17.0 Å². The molecule has 0 spiro atoms. The highest BCUT2D eigenvalue weighted by Crippen LogP contribution is 2.47. The van der Waals surface area contributed by atoms with Crippen LogP contribution in [-0.2, 0) is 9.59 Å². The van der Waals surface area contributed by atoms with Gasteiger partial charge in [-0.05, 0) is 67.8 Å². The third-order valence-electron chi connectivity index (χ3n) is 4.60. The molecule has 2 aromatic rings. The number of hydrogen-bond acceptors (Lipinski definition) is 3. The molecule has 2 N–H and O–H groups in total. The van der Waals surface area contributed by atoms with E-state index in [0.29, 0.717) is 30.8 Å². The van der Waals surface area contributed by atoms with Crippen LogP contribution in [0.25, 0.3) is 0 Å². The lowest BCUT2D eigenvalue weighted by Crippen LogP contribution is -2.35. The van der Waals surface area contributed by atoms with Crippen LogP contribution in [0.3, 0.4) is 0 Å². The molecule has 2 aromatic carbocycles.